The minimum Gasteiger partial charge on any atom is -0.377 e. The number of amides is 1. The average molecular weight is 202 g/mol. The Morgan fingerprint density at radius 1 is 1.43 bits per heavy atom. The first-order valence-corrected chi connectivity index (χ1v) is 5.04. The van der Waals surface area contributed by atoms with Gasteiger partial charge in [0.1, 0.15) is 0 Å². The van der Waals surface area contributed by atoms with Gasteiger partial charge >= 0.3 is 0 Å². The van der Waals surface area contributed by atoms with Crippen molar-refractivity contribution in [1.29, 1.82) is 0 Å². The van der Waals surface area contributed by atoms with Crippen molar-refractivity contribution < 1.29 is 9.53 Å². The van der Waals surface area contributed by atoms with Crippen LogP contribution in [0.5, 0.6) is 0 Å². The maximum absolute atomic E-state index is 11.3. The molecule has 4 nitrogen and oxygen atoms in total. The summed E-state index contributed by atoms with van der Waals surface area (Å²) in [7, 11) is 1.64. The van der Waals surface area contributed by atoms with Crippen LogP contribution in [0.15, 0.2) is 0 Å². The van der Waals surface area contributed by atoms with Crippen LogP contribution in [-0.2, 0) is 9.53 Å². The van der Waals surface area contributed by atoms with Gasteiger partial charge in [-0.2, -0.15) is 0 Å². The molecule has 0 atom stereocenters. The summed E-state index contributed by atoms with van der Waals surface area (Å²) in [5, 5.41) is 2.83. The van der Waals surface area contributed by atoms with Crippen LogP contribution in [0.3, 0.4) is 0 Å². The topological polar surface area (TPSA) is 64.3 Å². The second-order valence-electron chi connectivity index (χ2n) is 3.99. The summed E-state index contributed by atoms with van der Waals surface area (Å²) in [4.78, 5) is 11.3. The lowest BCUT2D eigenvalue weighted by Crippen LogP contribution is -2.39. The number of hydrogen-bond donors (Lipinski definition) is 2. The second kappa shape index (κ2) is 6.79. The van der Waals surface area contributed by atoms with E-state index in [0.29, 0.717) is 19.5 Å². The van der Waals surface area contributed by atoms with Crippen LogP contribution in [0.1, 0.15) is 33.1 Å². The zero-order valence-corrected chi connectivity index (χ0v) is 9.43. The van der Waals surface area contributed by atoms with Crippen molar-refractivity contribution in [2.75, 3.05) is 20.2 Å². The average Bonchev–Trinajstić information content (AvgIpc) is 2.16. The Bertz CT molecular complexity index is 170. The maximum Gasteiger partial charge on any atom is 0.220 e. The molecule has 1 amide bonds. The molecule has 84 valence electrons. The van der Waals surface area contributed by atoms with Gasteiger partial charge in [-0.15, -0.1) is 0 Å². The molecule has 0 spiro atoms. The molecule has 0 saturated carbocycles. The first-order chi connectivity index (χ1) is 6.52. The van der Waals surface area contributed by atoms with E-state index >= 15 is 0 Å². The van der Waals surface area contributed by atoms with Crippen molar-refractivity contribution in [2.24, 2.45) is 5.73 Å². The van der Waals surface area contributed by atoms with Crippen LogP contribution in [-0.4, -0.2) is 31.7 Å². The number of nitrogens with one attached hydrogen (secondary N) is 1. The van der Waals surface area contributed by atoms with Gasteiger partial charge in [0.2, 0.25) is 5.91 Å². The van der Waals surface area contributed by atoms with Gasteiger partial charge in [-0.05, 0) is 33.2 Å². The van der Waals surface area contributed by atoms with E-state index in [1.807, 2.05) is 13.8 Å². The highest BCUT2D eigenvalue weighted by Crippen LogP contribution is 2.05. The highest BCUT2D eigenvalue weighted by Gasteiger charge is 2.16. The van der Waals surface area contributed by atoms with Crippen LogP contribution in [0.4, 0.5) is 0 Å². The summed E-state index contributed by atoms with van der Waals surface area (Å²) in [5.74, 6) is 0.0728. The number of ether oxygens (including phenoxy) is 1. The van der Waals surface area contributed by atoms with E-state index in [4.69, 9.17) is 10.5 Å². The third kappa shape index (κ3) is 6.86. The number of nitrogens with two attached hydrogens (primary N) is 1. The fraction of sp³-hybridized carbons (Fsp3) is 0.900. The Morgan fingerprint density at radius 2 is 2.07 bits per heavy atom. The van der Waals surface area contributed by atoms with Crippen molar-refractivity contribution in [3.63, 3.8) is 0 Å². The van der Waals surface area contributed by atoms with Gasteiger partial charge in [-0.25, -0.2) is 0 Å². The molecule has 0 fully saturated rings. The minimum absolute atomic E-state index is 0.0728. The molecular weight excluding hydrogens is 180 g/mol. The zero-order valence-electron chi connectivity index (χ0n) is 9.43. The van der Waals surface area contributed by atoms with Gasteiger partial charge in [0, 0.05) is 20.1 Å². The van der Waals surface area contributed by atoms with Crippen molar-refractivity contribution >= 4 is 5.91 Å². The largest absolute Gasteiger partial charge is 0.377 e. The lowest BCUT2D eigenvalue weighted by Gasteiger charge is -2.23. The lowest BCUT2D eigenvalue weighted by molar-refractivity contribution is -0.122. The lowest BCUT2D eigenvalue weighted by atomic mass is 10.1. The van der Waals surface area contributed by atoms with Gasteiger partial charge in [0.25, 0.3) is 0 Å². The van der Waals surface area contributed by atoms with E-state index in [2.05, 4.69) is 5.32 Å². The molecule has 0 aliphatic carbocycles. The van der Waals surface area contributed by atoms with Gasteiger partial charge in [0.15, 0.2) is 0 Å². The smallest absolute Gasteiger partial charge is 0.220 e. The van der Waals surface area contributed by atoms with Crippen LogP contribution in [0.2, 0.25) is 0 Å². The van der Waals surface area contributed by atoms with Crippen LogP contribution < -0.4 is 11.1 Å². The highest BCUT2D eigenvalue weighted by molar-refractivity contribution is 5.75. The predicted octanol–water partition coefficient (Wildman–Crippen LogP) is 0.657. The van der Waals surface area contributed by atoms with E-state index in [1.165, 1.54) is 0 Å². The van der Waals surface area contributed by atoms with Gasteiger partial charge in [-0.3, -0.25) is 4.79 Å². The van der Waals surface area contributed by atoms with E-state index in [-0.39, 0.29) is 11.5 Å². The Morgan fingerprint density at radius 3 is 2.57 bits per heavy atom. The highest BCUT2D eigenvalue weighted by atomic mass is 16.5. The number of methoxy groups -OCH3 is 1. The first-order valence-electron chi connectivity index (χ1n) is 5.04. The molecule has 0 aromatic rings. The van der Waals surface area contributed by atoms with E-state index in [1.54, 1.807) is 7.11 Å². The summed E-state index contributed by atoms with van der Waals surface area (Å²) < 4.78 is 5.18. The Labute approximate surface area is 86.2 Å². The van der Waals surface area contributed by atoms with E-state index in [0.717, 1.165) is 12.8 Å². The monoisotopic (exact) mass is 202 g/mol. The molecule has 0 unspecified atom stereocenters. The molecule has 0 aromatic heterocycles. The minimum atomic E-state index is -0.288. The molecular formula is C10H22N2O2. The summed E-state index contributed by atoms with van der Waals surface area (Å²) in [6.45, 7) is 5.07. The molecule has 3 N–H and O–H groups in total. The molecule has 0 heterocycles. The third-order valence-corrected chi connectivity index (χ3v) is 2.12. The Kier molecular flexibility index (Phi) is 6.49. The van der Waals surface area contributed by atoms with Crippen LogP contribution >= 0.6 is 0 Å². The summed E-state index contributed by atoms with van der Waals surface area (Å²) in [6, 6.07) is 0. The van der Waals surface area contributed by atoms with Gasteiger partial charge in [0.05, 0.1) is 5.60 Å². The molecule has 0 rings (SSSR count). The first kappa shape index (κ1) is 13.4. The van der Waals surface area contributed by atoms with E-state index in [9.17, 15) is 4.79 Å². The quantitative estimate of drug-likeness (QED) is 0.596. The Hall–Kier alpha value is -0.610. The molecule has 0 saturated heterocycles. The third-order valence-electron chi connectivity index (χ3n) is 2.12. The molecule has 0 aromatic carbocycles. The van der Waals surface area contributed by atoms with Crippen molar-refractivity contribution in [2.45, 2.75) is 38.7 Å². The Balaban J connectivity index is 3.53. The fourth-order valence-electron chi connectivity index (χ4n) is 0.902. The zero-order chi connectivity index (χ0) is 11.0. The maximum atomic E-state index is 11.3. The van der Waals surface area contributed by atoms with Gasteiger partial charge in [-0.1, -0.05) is 0 Å². The van der Waals surface area contributed by atoms with E-state index < -0.39 is 0 Å². The predicted molar refractivity (Wildman–Crippen MR) is 57.0 cm³/mol. The van der Waals surface area contributed by atoms with Crippen molar-refractivity contribution in [3.8, 4) is 0 Å². The summed E-state index contributed by atoms with van der Waals surface area (Å²) in [5.41, 5.74) is 5.04. The number of rotatable bonds is 7. The summed E-state index contributed by atoms with van der Waals surface area (Å²) in [6.07, 6.45) is 2.31. The standard InChI is InChI=1S/C10H22N2O2/c1-10(2,14-3)8-12-9(13)6-4-5-7-11/h4-8,11H2,1-3H3,(H,12,13). The number of carbonyl (C=O) groups excluding carboxylic acids is 1. The fourth-order valence-corrected chi connectivity index (χ4v) is 0.902. The normalized spacial score (nSPS) is 11.4. The molecule has 0 radical (unpaired) electrons. The van der Waals surface area contributed by atoms with Crippen LogP contribution in [0.25, 0.3) is 0 Å². The molecule has 4 heteroatoms. The molecule has 14 heavy (non-hydrogen) atoms. The van der Waals surface area contributed by atoms with Crippen molar-refractivity contribution in [3.05, 3.63) is 0 Å². The number of hydrogen-bond acceptors (Lipinski definition) is 3. The molecule has 0 aliphatic rings. The molecule has 0 aliphatic heterocycles. The number of carbonyl (C=O) groups is 1. The van der Waals surface area contributed by atoms with Gasteiger partial charge < -0.3 is 15.8 Å². The van der Waals surface area contributed by atoms with Crippen molar-refractivity contribution in [1.82, 2.24) is 5.32 Å². The molecule has 0 bridgehead atoms. The number of unbranched alkanes of at least 4 members (excludes halogenated alkanes) is 1. The van der Waals surface area contributed by atoms with Crippen LogP contribution in [0, 0.1) is 0 Å². The second-order valence-corrected chi connectivity index (χ2v) is 3.99. The summed E-state index contributed by atoms with van der Waals surface area (Å²) >= 11 is 0. The SMILES string of the molecule is COC(C)(C)CNC(=O)CCCCN.